The molecule has 0 fully saturated rings. The summed E-state index contributed by atoms with van der Waals surface area (Å²) < 4.78 is 2.63. The zero-order chi connectivity index (χ0) is 20.4. The zero-order valence-electron chi connectivity index (χ0n) is 16.1. The third-order valence-corrected chi connectivity index (χ3v) is 5.28. The Hall–Kier alpha value is -2.95. The number of fused-ring (bicyclic) bond motifs is 1. The highest BCUT2D eigenvalue weighted by Gasteiger charge is 2.20. The van der Waals surface area contributed by atoms with Crippen LogP contribution in [0.25, 0.3) is 4.96 Å². The number of aromatic amines is 1. The molecule has 10 nitrogen and oxygen atoms in total. The number of H-pyrrole nitrogens is 1. The molecule has 0 aliphatic carbocycles. The van der Waals surface area contributed by atoms with Gasteiger partial charge in [-0.2, -0.15) is 9.61 Å². The van der Waals surface area contributed by atoms with Crippen LogP contribution in [0, 0.1) is 6.92 Å². The molecule has 28 heavy (non-hydrogen) atoms. The normalized spacial score (nSPS) is 11.2. The third kappa shape index (κ3) is 3.70. The molecule has 3 aromatic rings. The van der Waals surface area contributed by atoms with Gasteiger partial charge in [0.05, 0.1) is 6.54 Å². The van der Waals surface area contributed by atoms with E-state index in [2.05, 4.69) is 15.1 Å². The first-order valence-electron chi connectivity index (χ1n) is 9.09. The van der Waals surface area contributed by atoms with Crippen LogP contribution in [-0.4, -0.2) is 30.7 Å². The SMILES string of the molecule is CCCCn1c(N)c(N(CC)Cc2nn3c(=O)cc(C)nc3s2)c(=O)[nH]c1=O. The van der Waals surface area contributed by atoms with Crippen LogP contribution < -0.4 is 27.4 Å². The second-order valence-electron chi connectivity index (χ2n) is 6.44. The van der Waals surface area contributed by atoms with Crippen molar-refractivity contribution in [2.75, 3.05) is 17.2 Å². The largest absolute Gasteiger partial charge is 0.383 e. The van der Waals surface area contributed by atoms with E-state index in [1.165, 1.54) is 26.5 Å². The van der Waals surface area contributed by atoms with E-state index < -0.39 is 11.2 Å². The van der Waals surface area contributed by atoms with Crippen LogP contribution in [0.5, 0.6) is 0 Å². The smallest absolute Gasteiger partial charge is 0.330 e. The topological polar surface area (TPSA) is 131 Å². The minimum Gasteiger partial charge on any atom is -0.383 e. The number of nitrogens with one attached hydrogen (secondary N) is 1. The van der Waals surface area contributed by atoms with Gasteiger partial charge in [0.2, 0.25) is 4.96 Å². The fourth-order valence-corrected chi connectivity index (χ4v) is 3.92. The first kappa shape index (κ1) is 19.8. The number of hydrogen-bond acceptors (Lipinski definition) is 8. The Morgan fingerprint density at radius 2 is 2.04 bits per heavy atom. The van der Waals surface area contributed by atoms with Gasteiger partial charge in [-0.3, -0.25) is 19.1 Å². The Bertz CT molecular complexity index is 1170. The van der Waals surface area contributed by atoms with E-state index in [0.29, 0.717) is 28.8 Å². The van der Waals surface area contributed by atoms with Crippen LogP contribution >= 0.6 is 11.3 Å². The monoisotopic (exact) mass is 405 g/mol. The second kappa shape index (κ2) is 7.97. The van der Waals surface area contributed by atoms with Crippen LogP contribution in [0.1, 0.15) is 37.4 Å². The number of aromatic nitrogens is 5. The molecule has 0 unspecified atom stereocenters. The average Bonchev–Trinajstić information content (AvgIpc) is 3.03. The fourth-order valence-electron chi connectivity index (χ4n) is 2.96. The molecule has 0 radical (unpaired) electrons. The molecule has 0 saturated carbocycles. The first-order chi connectivity index (χ1) is 13.3. The van der Waals surface area contributed by atoms with Gasteiger partial charge >= 0.3 is 5.69 Å². The Morgan fingerprint density at radius 1 is 1.29 bits per heavy atom. The van der Waals surface area contributed by atoms with Crippen molar-refractivity contribution < 1.29 is 0 Å². The maximum atomic E-state index is 12.5. The summed E-state index contributed by atoms with van der Waals surface area (Å²) in [6.07, 6.45) is 1.66. The van der Waals surface area contributed by atoms with E-state index in [0.717, 1.165) is 12.8 Å². The summed E-state index contributed by atoms with van der Waals surface area (Å²) in [4.78, 5) is 45.6. The predicted molar refractivity (Wildman–Crippen MR) is 109 cm³/mol. The van der Waals surface area contributed by atoms with Gasteiger partial charge < -0.3 is 10.6 Å². The van der Waals surface area contributed by atoms with Gasteiger partial charge in [-0.05, 0) is 20.3 Å². The molecule has 11 heteroatoms. The predicted octanol–water partition coefficient (Wildman–Crippen LogP) is 0.718. The maximum Gasteiger partial charge on any atom is 0.330 e. The lowest BCUT2D eigenvalue weighted by Crippen LogP contribution is -2.38. The minimum atomic E-state index is -0.538. The summed E-state index contributed by atoms with van der Waals surface area (Å²) >= 11 is 1.27. The molecule has 0 aromatic carbocycles. The third-order valence-electron chi connectivity index (χ3n) is 4.39. The molecule has 0 aliphatic heterocycles. The minimum absolute atomic E-state index is 0.135. The van der Waals surface area contributed by atoms with Crippen LogP contribution in [0.2, 0.25) is 0 Å². The average molecular weight is 405 g/mol. The summed E-state index contributed by atoms with van der Waals surface area (Å²) in [6.45, 7) is 6.80. The molecule has 0 bridgehead atoms. The number of nitrogens with zero attached hydrogens (tertiary/aromatic N) is 5. The quantitative estimate of drug-likeness (QED) is 0.592. The number of rotatable bonds is 7. The van der Waals surface area contributed by atoms with Crippen LogP contribution in [0.15, 0.2) is 20.4 Å². The van der Waals surface area contributed by atoms with Crippen LogP contribution in [0.3, 0.4) is 0 Å². The number of nitrogens with two attached hydrogens (primary N) is 1. The van der Waals surface area contributed by atoms with E-state index in [1.54, 1.807) is 11.8 Å². The van der Waals surface area contributed by atoms with Gasteiger partial charge in [0.1, 0.15) is 16.5 Å². The summed E-state index contributed by atoms with van der Waals surface area (Å²) in [6, 6.07) is 1.42. The maximum absolute atomic E-state index is 12.5. The molecule has 0 amide bonds. The Labute approximate surface area is 164 Å². The Balaban J connectivity index is 2.02. The van der Waals surface area contributed by atoms with Gasteiger partial charge in [-0.1, -0.05) is 24.7 Å². The molecule has 3 heterocycles. The van der Waals surface area contributed by atoms with Crippen molar-refractivity contribution in [3.63, 3.8) is 0 Å². The van der Waals surface area contributed by atoms with Gasteiger partial charge in [0, 0.05) is 24.8 Å². The summed E-state index contributed by atoms with van der Waals surface area (Å²) in [5.41, 5.74) is 5.74. The van der Waals surface area contributed by atoms with E-state index in [4.69, 9.17) is 5.73 Å². The van der Waals surface area contributed by atoms with E-state index >= 15 is 0 Å². The lowest BCUT2D eigenvalue weighted by molar-refractivity contribution is 0.602. The first-order valence-corrected chi connectivity index (χ1v) is 9.91. The number of aryl methyl sites for hydroxylation is 1. The molecule has 3 aromatic heterocycles. The highest BCUT2D eigenvalue weighted by atomic mass is 32.1. The highest BCUT2D eigenvalue weighted by molar-refractivity contribution is 7.16. The van der Waals surface area contributed by atoms with E-state index in [-0.39, 0.29) is 23.6 Å². The highest BCUT2D eigenvalue weighted by Crippen LogP contribution is 2.21. The van der Waals surface area contributed by atoms with Crippen LogP contribution in [0.4, 0.5) is 11.5 Å². The van der Waals surface area contributed by atoms with Gasteiger partial charge in [-0.15, -0.1) is 0 Å². The summed E-state index contributed by atoms with van der Waals surface area (Å²) in [5.74, 6) is 0.135. The lowest BCUT2D eigenvalue weighted by atomic mass is 10.3. The van der Waals surface area contributed by atoms with Crippen molar-refractivity contribution in [1.29, 1.82) is 0 Å². The van der Waals surface area contributed by atoms with Crippen molar-refractivity contribution in [2.45, 2.75) is 46.7 Å². The van der Waals surface area contributed by atoms with Crippen molar-refractivity contribution >= 4 is 27.8 Å². The van der Waals surface area contributed by atoms with Crippen molar-refractivity contribution in [2.24, 2.45) is 0 Å². The Kier molecular flexibility index (Phi) is 5.63. The molecule has 3 rings (SSSR count). The Morgan fingerprint density at radius 3 is 2.71 bits per heavy atom. The van der Waals surface area contributed by atoms with E-state index in [9.17, 15) is 14.4 Å². The second-order valence-corrected chi connectivity index (χ2v) is 7.48. The number of nitrogen functional groups attached to an aromatic ring is 1. The van der Waals surface area contributed by atoms with Crippen molar-refractivity contribution in [3.05, 3.63) is 48.0 Å². The van der Waals surface area contributed by atoms with Crippen LogP contribution in [-0.2, 0) is 13.1 Å². The molecular formula is C17H23N7O3S. The number of anilines is 2. The van der Waals surface area contributed by atoms with Gasteiger partial charge in [0.25, 0.3) is 11.1 Å². The van der Waals surface area contributed by atoms with Crippen molar-refractivity contribution in [3.8, 4) is 0 Å². The molecular weight excluding hydrogens is 382 g/mol. The standard InChI is InChI=1S/C17H23N7O3S/c1-4-6-7-23-14(18)13(15(26)20-16(23)27)22(5-2)9-11-21-24-12(25)8-10(3)19-17(24)28-11/h8H,4-7,9,18H2,1-3H3,(H,20,26,27). The van der Waals surface area contributed by atoms with Gasteiger partial charge in [-0.25, -0.2) is 9.78 Å². The number of unbranched alkanes of at least 4 members (excludes halogenated alkanes) is 1. The molecule has 0 saturated heterocycles. The molecule has 150 valence electrons. The molecule has 3 N–H and O–H groups in total. The number of hydrogen-bond donors (Lipinski definition) is 2. The molecule has 0 atom stereocenters. The van der Waals surface area contributed by atoms with E-state index in [1.807, 2.05) is 13.8 Å². The molecule has 0 aliphatic rings. The lowest BCUT2D eigenvalue weighted by Gasteiger charge is -2.23. The van der Waals surface area contributed by atoms with Gasteiger partial charge in [0.15, 0.2) is 0 Å². The summed E-state index contributed by atoms with van der Waals surface area (Å²) in [7, 11) is 0. The zero-order valence-corrected chi connectivity index (χ0v) is 16.9. The van der Waals surface area contributed by atoms with Crippen molar-refractivity contribution in [1.82, 2.24) is 24.1 Å². The fraction of sp³-hybridized carbons (Fsp3) is 0.471. The summed E-state index contributed by atoms with van der Waals surface area (Å²) in [5, 5.41) is 4.93. The molecule has 0 spiro atoms.